The highest BCUT2D eigenvalue weighted by atomic mass is 16.5. The third kappa shape index (κ3) is 2.44. The summed E-state index contributed by atoms with van der Waals surface area (Å²) in [5, 5.41) is 13.2. The highest BCUT2D eigenvalue weighted by Crippen LogP contribution is 2.25. The van der Waals surface area contributed by atoms with Crippen LogP contribution in [0.25, 0.3) is 10.9 Å². The summed E-state index contributed by atoms with van der Waals surface area (Å²) in [5.74, 6) is -0.424. The Hall–Kier alpha value is -2.14. The molecular weight excluding hydrogens is 256 g/mol. The molecule has 1 saturated heterocycles. The molecule has 0 aliphatic carbocycles. The molecule has 1 aliphatic rings. The van der Waals surface area contributed by atoms with Gasteiger partial charge in [0.25, 0.3) is 0 Å². The van der Waals surface area contributed by atoms with Gasteiger partial charge in [-0.05, 0) is 24.6 Å². The largest absolute Gasteiger partial charge is 0.478 e. The SMILES string of the molecule is O=C(O)c1ccc(NCC2CCOC2)c2ncccc12. The van der Waals surface area contributed by atoms with Gasteiger partial charge in [0.15, 0.2) is 0 Å². The van der Waals surface area contributed by atoms with Crippen molar-refractivity contribution >= 4 is 22.6 Å². The molecule has 1 atom stereocenters. The second-order valence-corrected chi connectivity index (χ2v) is 4.98. The van der Waals surface area contributed by atoms with Gasteiger partial charge in [0.05, 0.1) is 23.4 Å². The molecule has 2 N–H and O–H groups in total. The first kappa shape index (κ1) is 12.9. The van der Waals surface area contributed by atoms with Gasteiger partial charge in [-0.15, -0.1) is 0 Å². The third-order valence-electron chi connectivity index (χ3n) is 3.61. The molecule has 1 aromatic heterocycles. The highest BCUT2D eigenvalue weighted by molar-refractivity contribution is 6.06. The molecule has 0 spiro atoms. The average Bonchev–Trinajstić information content (AvgIpc) is 2.97. The maximum Gasteiger partial charge on any atom is 0.336 e. The maximum atomic E-state index is 11.2. The molecule has 0 radical (unpaired) electrons. The van der Waals surface area contributed by atoms with Crippen molar-refractivity contribution in [1.82, 2.24) is 4.98 Å². The van der Waals surface area contributed by atoms with E-state index in [1.165, 1.54) is 0 Å². The molecule has 0 amide bonds. The van der Waals surface area contributed by atoms with Gasteiger partial charge in [-0.25, -0.2) is 4.79 Å². The smallest absolute Gasteiger partial charge is 0.336 e. The van der Waals surface area contributed by atoms with Gasteiger partial charge in [-0.3, -0.25) is 4.98 Å². The average molecular weight is 272 g/mol. The predicted octanol–water partition coefficient (Wildman–Crippen LogP) is 2.38. The molecular formula is C15H16N2O3. The Kier molecular flexibility index (Phi) is 3.52. The van der Waals surface area contributed by atoms with E-state index in [0.29, 0.717) is 16.8 Å². The van der Waals surface area contributed by atoms with E-state index in [1.807, 2.05) is 0 Å². The van der Waals surface area contributed by atoms with Gasteiger partial charge < -0.3 is 15.2 Å². The molecule has 0 saturated carbocycles. The summed E-state index contributed by atoms with van der Waals surface area (Å²) < 4.78 is 5.35. The molecule has 1 aromatic carbocycles. The number of fused-ring (bicyclic) bond motifs is 1. The topological polar surface area (TPSA) is 71.5 Å². The minimum absolute atomic E-state index is 0.280. The van der Waals surface area contributed by atoms with Crippen LogP contribution in [0.15, 0.2) is 30.5 Å². The summed E-state index contributed by atoms with van der Waals surface area (Å²) in [6.45, 7) is 2.42. The lowest BCUT2D eigenvalue weighted by atomic mass is 10.1. The number of benzene rings is 1. The molecule has 1 aliphatic heterocycles. The summed E-state index contributed by atoms with van der Waals surface area (Å²) in [6.07, 6.45) is 2.74. The summed E-state index contributed by atoms with van der Waals surface area (Å²) in [4.78, 5) is 15.5. The summed E-state index contributed by atoms with van der Waals surface area (Å²) >= 11 is 0. The van der Waals surface area contributed by atoms with Crippen molar-refractivity contribution in [2.75, 3.05) is 25.1 Å². The Balaban J connectivity index is 1.91. The van der Waals surface area contributed by atoms with Crippen LogP contribution in [0.1, 0.15) is 16.8 Å². The number of pyridine rings is 1. The van der Waals surface area contributed by atoms with Crippen LogP contribution < -0.4 is 5.32 Å². The second-order valence-electron chi connectivity index (χ2n) is 4.98. The number of ether oxygens (including phenoxy) is 1. The summed E-state index contributed by atoms with van der Waals surface area (Å²) in [6, 6.07) is 6.95. The quantitative estimate of drug-likeness (QED) is 0.894. The zero-order valence-corrected chi connectivity index (χ0v) is 11.0. The number of hydrogen-bond acceptors (Lipinski definition) is 4. The Morgan fingerprint density at radius 3 is 3.10 bits per heavy atom. The number of nitrogens with one attached hydrogen (secondary N) is 1. The lowest BCUT2D eigenvalue weighted by Crippen LogP contribution is -2.14. The van der Waals surface area contributed by atoms with Crippen molar-refractivity contribution in [3.05, 3.63) is 36.0 Å². The summed E-state index contributed by atoms with van der Waals surface area (Å²) in [7, 11) is 0. The minimum atomic E-state index is -0.932. The van der Waals surface area contributed by atoms with Crippen LogP contribution in [0, 0.1) is 5.92 Å². The van der Waals surface area contributed by atoms with Crippen molar-refractivity contribution < 1.29 is 14.6 Å². The molecule has 3 rings (SSSR count). The number of nitrogens with zero attached hydrogens (tertiary/aromatic N) is 1. The molecule has 2 aromatic rings. The van der Waals surface area contributed by atoms with E-state index in [4.69, 9.17) is 4.74 Å². The van der Waals surface area contributed by atoms with E-state index < -0.39 is 5.97 Å². The molecule has 2 heterocycles. The Morgan fingerprint density at radius 1 is 1.45 bits per heavy atom. The van der Waals surface area contributed by atoms with E-state index in [9.17, 15) is 9.90 Å². The van der Waals surface area contributed by atoms with Gasteiger partial charge in [-0.1, -0.05) is 6.07 Å². The van der Waals surface area contributed by atoms with E-state index >= 15 is 0 Å². The number of carboxylic acid groups (broad SMARTS) is 1. The first-order chi connectivity index (χ1) is 9.75. The molecule has 1 unspecified atom stereocenters. The van der Waals surface area contributed by atoms with Crippen molar-refractivity contribution in [1.29, 1.82) is 0 Å². The van der Waals surface area contributed by atoms with Gasteiger partial charge in [0.2, 0.25) is 0 Å². The maximum absolute atomic E-state index is 11.2. The third-order valence-corrected chi connectivity index (χ3v) is 3.61. The van der Waals surface area contributed by atoms with Crippen LogP contribution in [-0.4, -0.2) is 35.8 Å². The van der Waals surface area contributed by atoms with Crippen LogP contribution in [0.5, 0.6) is 0 Å². The molecule has 5 heteroatoms. The van der Waals surface area contributed by atoms with Gasteiger partial charge >= 0.3 is 5.97 Å². The van der Waals surface area contributed by atoms with Crippen molar-refractivity contribution in [2.24, 2.45) is 5.92 Å². The molecule has 5 nitrogen and oxygen atoms in total. The summed E-state index contributed by atoms with van der Waals surface area (Å²) in [5.41, 5.74) is 1.85. The fourth-order valence-corrected chi connectivity index (χ4v) is 2.50. The van der Waals surface area contributed by atoms with Crippen LogP contribution >= 0.6 is 0 Å². The van der Waals surface area contributed by atoms with Crippen LogP contribution in [0.4, 0.5) is 5.69 Å². The van der Waals surface area contributed by atoms with Gasteiger partial charge in [-0.2, -0.15) is 0 Å². The lowest BCUT2D eigenvalue weighted by Gasteiger charge is -2.13. The van der Waals surface area contributed by atoms with Crippen molar-refractivity contribution in [2.45, 2.75) is 6.42 Å². The van der Waals surface area contributed by atoms with Crippen LogP contribution in [0.3, 0.4) is 0 Å². The number of aromatic nitrogens is 1. The first-order valence-corrected chi connectivity index (χ1v) is 6.68. The van der Waals surface area contributed by atoms with Gasteiger partial charge in [0.1, 0.15) is 0 Å². The van der Waals surface area contributed by atoms with Gasteiger partial charge in [0, 0.05) is 30.7 Å². The standard InChI is InChI=1S/C15H16N2O3/c18-15(19)12-3-4-13(14-11(12)2-1-6-16-14)17-8-10-5-7-20-9-10/h1-4,6,10,17H,5,7-9H2,(H,18,19). The number of hydrogen-bond donors (Lipinski definition) is 2. The molecule has 1 fully saturated rings. The molecule has 104 valence electrons. The fraction of sp³-hybridized carbons (Fsp3) is 0.333. The highest BCUT2D eigenvalue weighted by Gasteiger charge is 2.16. The number of carbonyl (C=O) groups is 1. The second kappa shape index (κ2) is 5.46. The minimum Gasteiger partial charge on any atom is -0.478 e. The zero-order chi connectivity index (χ0) is 13.9. The Bertz CT molecular complexity index is 636. The van der Waals surface area contributed by atoms with Crippen LogP contribution in [-0.2, 0) is 4.74 Å². The Morgan fingerprint density at radius 2 is 2.35 bits per heavy atom. The first-order valence-electron chi connectivity index (χ1n) is 6.68. The number of anilines is 1. The van der Waals surface area contributed by atoms with E-state index in [-0.39, 0.29) is 5.56 Å². The number of carboxylic acids is 1. The van der Waals surface area contributed by atoms with E-state index in [0.717, 1.165) is 31.9 Å². The van der Waals surface area contributed by atoms with Crippen molar-refractivity contribution in [3.8, 4) is 0 Å². The lowest BCUT2D eigenvalue weighted by molar-refractivity contribution is 0.0699. The van der Waals surface area contributed by atoms with Crippen LogP contribution in [0.2, 0.25) is 0 Å². The normalized spacial score (nSPS) is 18.3. The number of aromatic carboxylic acids is 1. The zero-order valence-electron chi connectivity index (χ0n) is 11.0. The fourth-order valence-electron chi connectivity index (χ4n) is 2.50. The predicted molar refractivity (Wildman–Crippen MR) is 76.1 cm³/mol. The monoisotopic (exact) mass is 272 g/mol. The van der Waals surface area contributed by atoms with E-state index in [2.05, 4.69) is 10.3 Å². The van der Waals surface area contributed by atoms with Crippen molar-refractivity contribution in [3.63, 3.8) is 0 Å². The molecule has 0 bridgehead atoms. The molecule has 20 heavy (non-hydrogen) atoms. The number of rotatable bonds is 4. The Labute approximate surface area is 116 Å². The van der Waals surface area contributed by atoms with E-state index in [1.54, 1.807) is 30.5 Å².